The lowest BCUT2D eigenvalue weighted by Crippen LogP contribution is -2.27. The zero-order chi connectivity index (χ0) is 17.5. The molecule has 0 fully saturated rings. The molecule has 4 nitrogen and oxygen atoms in total. The van der Waals surface area contributed by atoms with Gasteiger partial charge in [-0.25, -0.2) is 0 Å². The summed E-state index contributed by atoms with van der Waals surface area (Å²) in [4.78, 5) is 11.3. The Bertz CT molecular complexity index is 757. The van der Waals surface area contributed by atoms with E-state index in [1.165, 1.54) is 5.69 Å². The van der Waals surface area contributed by atoms with Crippen molar-refractivity contribution in [3.05, 3.63) is 40.0 Å². The van der Waals surface area contributed by atoms with E-state index < -0.39 is 5.97 Å². The monoisotopic (exact) mass is 390 g/mol. The summed E-state index contributed by atoms with van der Waals surface area (Å²) in [5.74, 6) is -0.695. The summed E-state index contributed by atoms with van der Waals surface area (Å²) in [6, 6.07) is 8.11. The summed E-state index contributed by atoms with van der Waals surface area (Å²) in [5.41, 5.74) is 4.22. The number of aliphatic carboxylic acids is 1. The predicted molar refractivity (Wildman–Crippen MR) is 98.3 cm³/mol. The molecule has 0 radical (unpaired) electrons. The topological polar surface area (TPSA) is 55.1 Å². The van der Waals surface area contributed by atoms with Gasteiger partial charge >= 0.3 is 5.97 Å². The molecule has 0 aliphatic heterocycles. The minimum atomic E-state index is -0.738. The number of carboxylic acid groups (broad SMARTS) is 1. The molecule has 1 unspecified atom stereocenters. The molecule has 3 rings (SSSR count). The number of nitrogens with zero attached hydrogens (tertiary/aromatic N) is 2. The predicted octanol–water partition coefficient (Wildman–Crippen LogP) is 4.96. The molecule has 1 N–H and O–H groups in total. The van der Waals surface area contributed by atoms with E-state index in [9.17, 15) is 9.90 Å². The van der Waals surface area contributed by atoms with E-state index in [4.69, 9.17) is 5.10 Å². The Morgan fingerprint density at radius 2 is 2.00 bits per heavy atom. The van der Waals surface area contributed by atoms with E-state index in [1.807, 2.05) is 24.3 Å². The van der Waals surface area contributed by atoms with Gasteiger partial charge in [0.2, 0.25) is 0 Å². The van der Waals surface area contributed by atoms with Crippen LogP contribution in [0.5, 0.6) is 0 Å². The third-order valence-corrected chi connectivity index (χ3v) is 5.10. The second-order valence-corrected chi connectivity index (χ2v) is 8.40. The molecule has 128 valence electrons. The van der Waals surface area contributed by atoms with Crippen molar-refractivity contribution < 1.29 is 9.90 Å². The highest BCUT2D eigenvalue weighted by atomic mass is 79.9. The maximum atomic E-state index is 11.3. The average Bonchev–Trinajstić information content (AvgIpc) is 2.88. The molecule has 1 atom stereocenters. The number of benzene rings is 1. The molecule has 1 aliphatic carbocycles. The molecular formula is C19H23BrN2O2. The summed E-state index contributed by atoms with van der Waals surface area (Å²) in [6.45, 7) is 6.44. The molecule has 24 heavy (non-hydrogen) atoms. The summed E-state index contributed by atoms with van der Waals surface area (Å²) in [5, 5.41) is 14.3. The first-order chi connectivity index (χ1) is 11.3. The summed E-state index contributed by atoms with van der Waals surface area (Å²) in [7, 11) is 0. The average molecular weight is 391 g/mol. The highest BCUT2D eigenvalue weighted by molar-refractivity contribution is 9.10. The molecular weight excluding hydrogens is 368 g/mol. The lowest BCUT2D eigenvalue weighted by molar-refractivity contribution is -0.137. The van der Waals surface area contributed by atoms with Gasteiger partial charge in [0.25, 0.3) is 0 Å². The first-order valence-corrected chi connectivity index (χ1v) is 9.16. The number of hydrogen-bond donors (Lipinski definition) is 1. The maximum Gasteiger partial charge on any atom is 0.303 e. The molecule has 1 aliphatic rings. The quantitative estimate of drug-likeness (QED) is 0.805. The van der Waals surface area contributed by atoms with Crippen LogP contribution in [0, 0.1) is 0 Å². The van der Waals surface area contributed by atoms with Crippen LogP contribution in [0.25, 0.3) is 11.3 Å². The minimum Gasteiger partial charge on any atom is -0.481 e. The Morgan fingerprint density at radius 3 is 2.58 bits per heavy atom. The number of halogens is 1. The van der Waals surface area contributed by atoms with E-state index in [-0.39, 0.29) is 17.9 Å². The van der Waals surface area contributed by atoms with Crippen molar-refractivity contribution in [1.82, 2.24) is 9.78 Å². The molecule has 5 heteroatoms. The van der Waals surface area contributed by atoms with Gasteiger partial charge in [-0.05, 0) is 58.1 Å². The second-order valence-electron chi connectivity index (χ2n) is 7.49. The summed E-state index contributed by atoms with van der Waals surface area (Å²) in [6.07, 6.45) is 3.07. The van der Waals surface area contributed by atoms with E-state index in [0.717, 1.165) is 40.6 Å². The van der Waals surface area contributed by atoms with Gasteiger partial charge in [-0.3, -0.25) is 9.48 Å². The molecule has 2 aromatic rings. The Morgan fingerprint density at radius 1 is 1.33 bits per heavy atom. The Balaban J connectivity index is 2.19. The van der Waals surface area contributed by atoms with Crippen LogP contribution in [0.3, 0.4) is 0 Å². The number of carbonyl (C=O) groups is 1. The van der Waals surface area contributed by atoms with E-state index in [0.29, 0.717) is 0 Å². The first-order valence-electron chi connectivity index (χ1n) is 8.37. The smallest absolute Gasteiger partial charge is 0.303 e. The van der Waals surface area contributed by atoms with Crippen molar-refractivity contribution in [3.8, 4) is 11.3 Å². The van der Waals surface area contributed by atoms with Crippen LogP contribution in [0.4, 0.5) is 0 Å². The van der Waals surface area contributed by atoms with Gasteiger partial charge in [0.05, 0.1) is 17.7 Å². The van der Waals surface area contributed by atoms with Gasteiger partial charge in [0.15, 0.2) is 0 Å². The SMILES string of the molecule is CC(C)(C)n1nc(-c2ccc(Br)cc2)c2c1CCCC2CC(=O)O. The van der Waals surface area contributed by atoms with Crippen LogP contribution in [0.2, 0.25) is 0 Å². The van der Waals surface area contributed by atoms with Gasteiger partial charge < -0.3 is 5.11 Å². The largest absolute Gasteiger partial charge is 0.481 e. The molecule has 1 aromatic carbocycles. The third kappa shape index (κ3) is 3.27. The van der Waals surface area contributed by atoms with E-state index >= 15 is 0 Å². The molecule has 0 spiro atoms. The van der Waals surface area contributed by atoms with Gasteiger partial charge in [0, 0.05) is 21.3 Å². The lowest BCUT2D eigenvalue weighted by Gasteiger charge is -2.27. The molecule has 1 aromatic heterocycles. The van der Waals surface area contributed by atoms with Crippen molar-refractivity contribution in [1.29, 1.82) is 0 Å². The fraction of sp³-hybridized carbons (Fsp3) is 0.474. The van der Waals surface area contributed by atoms with Crippen LogP contribution >= 0.6 is 15.9 Å². The van der Waals surface area contributed by atoms with Crippen LogP contribution in [-0.4, -0.2) is 20.9 Å². The van der Waals surface area contributed by atoms with Gasteiger partial charge in [-0.2, -0.15) is 5.10 Å². The first kappa shape index (κ1) is 17.2. The van der Waals surface area contributed by atoms with Crippen molar-refractivity contribution in [2.75, 3.05) is 0 Å². The maximum absolute atomic E-state index is 11.3. The standard InChI is InChI=1S/C19H23BrN2O2/c1-19(2,3)22-15-6-4-5-13(11-16(23)24)17(15)18(21-22)12-7-9-14(20)10-8-12/h7-10,13H,4-6,11H2,1-3H3,(H,23,24). The van der Waals surface area contributed by atoms with Crippen molar-refractivity contribution in [2.24, 2.45) is 0 Å². The highest BCUT2D eigenvalue weighted by Crippen LogP contribution is 2.42. The van der Waals surface area contributed by atoms with Gasteiger partial charge in [-0.15, -0.1) is 0 Å². The highest BCUT2D eigenvalue weighted by Gasteiger charge is 2.33. The second kappa shape index (κ2) is 6.36. The fourth-order valence-electron chi connectivity index (χ4n) is 3.59. The number of aromatic nitrogens is 2. The van der Waals surface area contributed by atoms with Gasteiger partial charge in [0.1, 0.15) is 0 Å². The minimum absolute atomic E-state index is 0.0426. The van der Waals surface area contributed by atoms with Crippen LogP contribution < -0.4 is 0 Å². The van der Waals surface area contributed by atoms with E-state index in [2.05, 4.69) is 41.4 Å². The third-order valence-electron chi connectivity index (χ3n) is 4.57. The van der Waals surface area contributed by atoms with Crippen molar-refractivity contribution in [3.63, 3.8) is 0 Å². The normalized spacial score (nSPS) is 17.6. The van der Waals surface area contributed by atoms with E-state index in [1.54, 1.807) is 0 Å². The van der Waals surface area contributed by atoms with Crippen molar-refractivity contribution >= 4 is 21.9 Å². The summed E-state index contributed by atoms with van der Waals surface area (Å²) >= 11 is 3.47. The zero-order valence-electron chi connectivity index (χ0n) is 14.3. The zero-order valence-corrected chi connectivity index (χ0v) is 15.9. The Kier molecular flexibility index (Phi) is 4.56. The Hall–Kier alpha value is -1.62. The van der Waals surface area contributed by atoms with Gasteiger partial charge in [-0.1, -0.05) is 28.1 Å². The van der Waals surface area contributed by atoms with Crippen molar-refractivity contribution in [2.45, 2.75) is 57.9 Å². The number of hydrogen-bond acceptors (Lipinski definition) is 2. The molecule has 1 heterocycles. The molecule has 0 saturated heterocycles. The molecule has 0 amide bonds. The molecule has 0 saturated carbocycles. The fourth-order valence-corrected chi connectivity index (χ4v) is 3.85. The number of rotatable bonds is 3. The lowest BCUT2D eigenvalue weighted by atomic mass is 9.82. The van der Waals surface area contributed by atoms with Crippen LogP contribution in [-0.2, 0) is 16.8 Å². The summed E-state index contributed by atoms with van der Waals surface area (Å²) < 4.78 is 3.13. The Labute approximate surface area is 151 Å². The number of fused-ring (bicyclic) bond motifs is 1. The molecule has 0 bridgehead atoms. The van der Waals surface area contributed by atoms with Crippen LogP contribution in [0.15, 0.2) is 28.7 Å². The van der Waals surface area contributed by atoms with Crippen LogP contribution in [0.1, 0.15) is 57.2 Å². The number of carboxylic acids is 1.